The van der Waals surface area contributed by atoms with E-state index in [1.165, 1.54) is 12.1 Å². The van der Waals surface area contributed by atoms with E-state index in [9.17, 15) is 26.3 Å². The molecule has 0 aliphatic carbocycles. The minimum atomic E-state index is -5.30. The summed E-state index contributed by atoms with van der Waals surface area (Å²) in [5, 5.41) is 0. The molecule has 0 heterocycles. The van der Waals surface area contributed by atoms with Gasteiger partial charge in [-0.05, 0) is 12.0 Å². The standard InChI is InChI=1S/C19H28F6O3Si/c1-2-3-4-5-6-7-8-12-15-29(27-18(20,21)22,28-19(23,24)25)26-16-17-13-10-9-11-14-17/h9-11,13-14H,2-8,12,15-16H2,1H3. The number of benzene rings is 1. The molecule has 3 nitrogen and oxygen atoms in total. The highest BCUT2D eigenvalue weighted by Gasteiger charge is 2.56. The van der Waals surface area contributed by atoms with E-state index >= 15 is 0 Å². The highest BCUT2D eigenvalue weighted by molar-refractivity contribution is 6.60. The van der Waals surface area contributed by atoms with Crippen molar-refractivity contribution in [1.82, 2.24) is 0 Å². The van der Waals surface area contributed by atoms with Crippen molar-refractivity contribution in [3.63, 3.8) is 0 Å². The van der Waals surface area contributed by atoms with Crippen molar-refractivity contribution in [1.29, 1.82) is 0 Å². The summed E-state index contributed by atoms with van der Waals surface area (Å²) in [6, 6.07) is 7.40. The Morgan fingerprint density at radius 2 is 1.21 bits per heavy atom. The van der Waals surface area contributed by atoms with E-state index < -0.39 is 34.2 Å². The molecule has 0 atom stereocenters. The van der Waals surface area contributed by atoms with E-state index in [0.29, 0.717) is 12.0 Å². The molecule has 0 aliphatic heterocycles. The molecule has 1 aromatic rings. The molecular formula is C19H28F6O3Si. The van der Waals surface area contributed by atoms with E-state index in [0.717, 1.165) is 38.5 Å². The lowest BCUT2D eigenvalue weighted by Crippen LogP contribution is -2.52. The Bertz CT molecular complexity index is 535. The van der Waals surface area contributed by atoms with E-state index in [4.69, 9.17) is 4.43 Å². The van der Waals surface area contributed by atoms with E-state index in [1.54, 1.807) is 18.2 Å². The summed E-state index contributed by atoms with van der Waals surface area (Å²) < 4.78 is 90.1. The van der Waals surface area contributed by atoms with Gasteiger partial charge in [0.15, 0.2) is 0 Å². The molecule has 0 radical (unpaired) electrons. The van der Waals surface area contributed by atoms with Gasteiger partial charge in [-0.25, -0.2) is 0 Å². The van der Waals surface area contributed by atoms with Crippen LogP contribution in [0.2, 0.25) is 6.04 Å². The van der Waals surface area contributed by atoms with Gasteiger partial charge >= 0.3 is 21.5 Å². The molecule has 0 amide bonds. The molecule has 0 N–H and O–H groups in total. The second-order valence-corrected chi connectivity index (χ2v) is 9.34. The van der Waals surface area contributed by atoms with Crippen LogP contribution < -0.4 is 0 Å². The van der Waals surface area contributed by atoms with Gasteiger partial charge in [-0.15, -0.1) is 26.3 Å². The number of hydrogen-bond acceptors (Lipinski definition) is 3. The zero-order valence-electron chi connectivity index (χ0n) is 16.5. The van der Waals surface area contributed by atoms with Crippen LogP contribution in [-0.2, 0) is 19.9 Å². The highest BCUT2D eigenvalue weighted by Crippen LogP contribution is 2.34. The Kier molecular flexibility index (Phi) is 11.2. The van der Waals surface area contributed by atoms with Crippen LogP contribution in [0.4, 0.5) is 26.3 Å². The maximum atomic E-state index is 12.9. The van der Waals surface area contributed by atoms with Crippen molar-refractivity contribution >= 4 is 8.80 Å². The number of unbranched alkanes of at least 4 members (excludes halogenated alkanes) is 7. The monoisotopic (exact) mass is 446 g/mol. The molecule has 0 unspecified atom stereocenters. The van der Waals surface area contributed by atoms with Crippen molar-refractivity contribution in [2.24, 2.45) is 0 Å². The first-order valence-electron chi connectivity index (χ1n) is 9.77. The topological polar surface area (TPSA) is 27.7 Å². The van der Waals surface area contributed by atoms with Gasteiger partial charge in [-0.1, -0.05) is 82.2 Å². The largest absolute Gasteiger partial charge is 0.516 e. The van der Waals surface area contributed by atoms with Gasteiger partial charge in [0.05, 0.1) is 6.61 Å². The maximum absolute atomic E-state index is 12.9. The van der Waals surface area contributed by atoms with Crippen LogP contribution in [0.15, 0.2) is 30.3 Å². The zero-order valence-corrected chi connectivity index (χ0v) is 17.5. The summed E-state index contributed by atoms with van der Waals surface area (Å²) in [6.07, 6.45) is -4.12. The molecule has 1 aromatic carbocycles. The summed E-state index contributed by atoms with van der Waals surface area (Å²) in [4.78, 5) is 0. The van der Waals surface area contributed by atoms with Crippen molar-refractivity contribution in [2.45, 2.75) is 83.7 Å². The first-order valence-corrected chi connectivity index (χ1v) is 11.7. The van der Waals surface area contributed by atoms with Gasteiger partial charge in [-0.2, -0.15) is 0 Å². The summed E-state index contributed by atoms with van der Waals surface area (Å²) in [6.45, 7) is 1.62. The van der Waals surface area contributed by atoms with E-state index in [1.807, 2.05) is 0 Å². The van der Waals surface area contributed by atoms with Gasteiger partial charge in [0.2, 0.25) is 0 Å². The van der Waals surface area contributed by atoms with Gasteiger partial charge in [-0.3, -0.25) is 8.85 Å². The lowest BCUT2D eigenvalue weighted by Gasteiger charge is -2.31. The molecule has 0 fully saturated rings. The van der Waals surface area contributed by atoms with Gasteiger partial charge in [0.1, 0.15) is 0 Å². The summed E-state index contributed by atoms with van der Waals surface area (Å²) >= 11 is 0. The molecule has 29 heavy (non-hydrogen) atoms. The van der Waals surface area contributed by atoms with E-state index in [2.05, 4.69) is 15.8 Å². The number of halogens is 6. The second-order valence-electron chi connectivity index (χ2n) is 6.78. The smallest absolute Gasteiger partial charge is 0.369 e. The van der Waals surface area contributed by atoms with Crippen molar-refractivity contribution in [3.8, 4) is 0 Å². The number of alkyl halides is 6. The first kappa shape index (κ1) is 25.9. The lowest BCUT2D eigenvalue weighted by molar-refractivity contribution is -0.336. The summed E-state index contributed by atoms with van der Waals surface area (Å²) in [7, 11) is -5.08. The average Bonchev–Trinajstić information content (AvgIpc) is 2.60. The normalized spacial score (nSPS) is 13.1. The Hall–Kier alpha value is -1.10. The Morgan fingerprint density at radius 1 is 0.724 bits per heavy atom. The Morgan fingerprint density at radius 3 is 1.69 bits per heavy atom. The van der Waals surface area contributed by atoms with Crippen LogP contribution in [0.3, 0.4) is 0 Å². The lowest BCUT2D eigenvalue weighted by atomic mass is 10.1. The molecule has 0 saturated heterocycles. The Balaban J connectivity index is 2.74. The van der Waals surface area contributed by atoms with Gasteiger partial charge < -0.3 is 4.43 Å². The minimum absolute atomic E-state index is 0.0982. The first-order chi connectivity index (χ1) is 13.6. The molecule has 0 aliphatic rings. The van der Waals surface area contributed by atoms with Gasteiger partial charge in [0, 0.05) is 6.04 Å². The minimum Gasteiger partial charge on any atom is -0.369 e. The fourth-order valence-electron chi connectivity index (χ4n) is 2.85. The maximum Gasteiger partial charge on any atom is 0.516 e. The average molecular weight is 447 g/mol. The number of rotatable bonds is 14. The Labute approximate surface area is 168 Å². The highest BCUT2D eigenvalue weighted by atomic mass is 28.4. The molecule has 10 heteroatoms. The predicted molar refractivity (Wildman–Crippen MR) is 98.7 cm³/mol. The van der Waals surface area contributed by atoms with Gasteiger partial charge in [0.25, 0.3) is 0 Å². The summed E-state index contributed by atoms with van der Waals surface area (Å²) in [5.41, 5.74) is 0.428. The third-order valence-electron chi connectivity index (χ3n) is 4.18. The molecule has 1 rings (SSSR count). The SMILES string of the molecule is CCCCCCCCCC[Si](OCc1ccccc1)(OC(F)(F)F)OC(F)(F)F. The molecule has 0 saturated carbocycles. The molecule has 168 valence electrons. The van der Waals surface area contributed by atoms with Crippen LogP contribution in [-0.4, -0.2) is 21.5 Å². The van der Waals surface area contributed by atoms with Crippen LogP contribution in [0.1, 0.15) is 63.9 Å². The third-order valence-corrected chi connectivity index (χ3v) is 6.82. The number of hydrogen-bond donors (Lipinski definition) is 0. The predicted octanol–water partition coefficient (Wildman–Crippen LogP) is 7.36. The molecular weight excluding hydrogens is 418 g/mol. The molecule has 0 bridgehead atoms. The van der Waals surface area contributed by atoms with Crippen LogP contribution in [0, 0.1) is 0 Å². The van der Waals surface area contributed by atoms with Crippen molar-refractivity contribution < 1.29 is 39.6 Å². The molecule has 0 spiro atoms. The van der Waals surface area contributed by atoms with Crippen molar-refractivity contribution in [3.05, 3.63) is 35.9 Å². The second kappa shape index (κ2) is 12.6. The van der Waals surface area contributed by atoms with Crippen LogP contribution in [0.5, 0.6) is 0 Å². The third kappa shape index (κ3) is 12.9. The van der Waals surface area contributed by atoms with Crippen molar-refractivity contribution in [2.75, 3.05) is 0 Å². The quantitative estimate of drug-likeness (QED) is 0.170. The van der Waals surface area contributed by atoms with E-state index in [-0.39, 0.29) is 6.42 Å². The summed E-state index contributed by atoms with van der Waals surface area (Å²) in [5.74, 6) is 0. The van der Waals surface area contributed by atoms with Crippen LogP contribution in [0.25, 0.3) is 0 Å². The molecule has 0 aromatic heterocycles. The fourth-order valence-corrected chi connectivity index (χ4v) is 5.13. The van der Waals surface area contributed by atoms with Crippen LogP contribution >= 0.6 is 0 Å². The zero-order chi connectivity index (χ0) is 21.8. The fraction of sp³-hybridized carbons (Fsp3) is 0.684.